The van der Waals surface area contributed by atoms with Gasteiger partial charge in [-0.3, -0.25) is 0 Å². The summed E-state index contributed by atoms with van der Waals surface area (Å²) in [5.74, 6) is 0. The molecule has 1 aromatic carbocycles. The van der Waals surface area contributed by atoms with Gasteiger partial charge in [-0.1, -0.05) is 22.0 Å². The van der Waals surface area contributed by atoms with Gasteiger partial charge in [-0.2, -0.15) is 0 Å². The van der Waals surface area contributed by atoms with E-state index >= 15 is 0 Å². The number of hydrogen-bond donors (Lipinski definition) is 1. The van der Waals surface area contributed by atoms with Gasteiger partial charge in [-0.25, -0.2) is 0 Å². The second kappa shape index (κ2) is 3.99. The van der Waals surface area contributed by atoms with Crippen molar-refractivity contribution in [2.75, 3.05) is 0 Å². The van der Waals surface area contributed by atoms with Crippen molar-refractivity contribution in [3.8, 4) is 0 Å². The number of halogens is 1. The number of fused-ring (bicyclic) bond motifs is 1. The van der Waals surface area contributed by atoms with Crippen LogP contribution in [0.25, 0.3) is 10.9 Å². The molecule has 80 valence electrons. The molecule has 2 nitrogen and oxygen atoms in total. The van der Waals surface area contributed by atoms with E-state index in [0.717, 1.165) is 4.47 Å². The highest BCUT2D eigenvalue weighted by Gasteiger charge is 2.10. The van der Waals surface area contributed by atoms with Crippen LogP contribution in [0.1, 0.15) is 25.6 Å². The van der Waals surface area contributed by atoms with Crippen molar-refractivity contribution in [2.24, 2.45) is 5.73 Å². The lowest BCUT2D eigenvalue weighted by Crippen LogP contribution is -2.08. The van der Waals surface area contributed by atoms with E-state index in [1.807, 2.05) is 0 Å². The molecule has 0 aliphatic rings. The summed E-state index contributed by atoms with van der Waals surface area (Å²) in [5, 5.41) is 1.26. The Bertz CT molecular complexity index is 486. The van der Waals surface area contributed by atoms with Crippen LogP contribution in [-0.4, -0.2) is 4.57 Å². The van der Waals surface area contributed by atoms with Crippen LogP contribution in [0.3, 0.4) is 0 Å². The molecule has 0 radical (unpaired) electrons. The Balaban J connectivity index is 2.76. The Morgan fingerprint density at radius 2 is 2.07 bits per heavy atom. The van der Waals surface area contributed by atoms with Crippen LogP contribution < -0.4 is 5.73 Å². The highest BCUT2D eigenvalue weighted by molar-refractivity contribution is 9.10. The Morgan fingerprint density at radius 3 is 2.67 bits per heavy atom. The topological polar surface area (TPSA) is 30.9 Å². The fraction of sp³-hybridized carbons (Fsp3) is 0.333. The normalized spacial score (nSPS) is 11.5. The fourth-order valence-electron chi connectivity index (χ4n) is 2.02. The van der Waals surface area contributed by atoms with E-state index in [4.69, 9.17) is 5.73 Å². The molecule has 0 spiro atoms. The molecule has 0 amide bonds. The quantitative estimate of drug-likeness (QED) is 0.887. The van der Waals surface area contributed by atoms with Gasteiger partial charge in [0, 0.05) is 28.3 Å². The molecule has 3 heteroatoms. The number of rotatable bonds is 2. The molecule has 2 rings (SSSR count). The minimum atomic E-state index is 0.440. The monoisotopic (exact) mass is 266 g/mol. The second-order valence-electron chi connectivity index (χ2n) is 4.01. The minimum absolute atomic E-state index is 0.440. The lowest BCUT2D eigenvalue weighted by Gasteiger charge is -2.13. The van der Waals surface area contributed by atoms with Crippen LogP contribution >= 0.6 is 15.9 Å². The number of benzene rings is 1. The van der Waals surface area contributed by atoms with Crippen molar-refractivity contribution in [3.63, 3.8) is 0 Å². The Labute approximate surface area is 98.2 Å². The maximum atomic E-state index is 5.76. The lowest BCUT2D eigenvalue weighted by atomic mass is 10.2. The summed E-state index contributed by atoms with van der Waals surface area (Å²) in [7, 11) is 0. The zero-order valence-electron chi connectivity index (χ0n) is 9.00. The smallest absolute Gasteiger partial charge is 0.0496 e. The van der Waals surface area contributed by atoms with Crippen LogP contribution in [-0.2, 0) is 6.54 Å². The van der Waals surface area contributed by atoms with E-state index in [1.54, 1.807) is 0 Å². The Kier molecular flexibility index (Phi) is 2.85. The van der Waals surface area contributed by atoms with Crippen molar-refractivity contribution in [1.29, 1.82) is 0 Å². The SMILES string of the molecule is CC(C)n1c(CN)cc2ccc(Br)cc21. The zero-order chi connectivity index (χ0) is 11.0. The number of nitrogens with zero attached hydrogens (tertiary/aromatic N) is 1. The molecule has 15 heavy (non-hydrogen) atoms. The predicted molar refractivity (Wildman–Crippen MR) is 67.9 cm³/mol. The second-order valence-corrected chi connectivity index (χ2v) is 4.92. The van der Waals surface area contributed by atoms with E-state index in [9.17, 15) is 0 Å². The summed E-state index contributed by atoms with van der Waals surface area (Å²) in [4.78, 5) is 0. The van der Waals surface area contributed by atoms with E-state index in [2.05, 4.69) is 58.6 Å². The first-order valence-electron chi connectivity index (χ1n) is 5.13. The van der Waals surface area contributed by atoms with Crippen molar-refractivity contribution in [3.05, 3.63) is 34.4 Å². The Morgan fingerprint density at radius 1 is 1.33 bits per heavy atom. The van der Waals surface area contributed by atoms with Gasteiger partial charge in [0.15, 0.2) is 0 Å². The summed E-state index contributed by atoms with van der Waals surface area (Å²) in [6.45, 7) is 4.95. The van der Waals surface area contributed by atoms with E-state index < -0.39 is 0 Å². The van der Waals surface area contributed by atoms with Crippen molar-refractivity contribution in [2.45, 2.75) is 26.4 Å². The van der Waals surface area contributed by atoms with Gasteiger partial charge >= 0.3 is 0 Å². The summed E-state index contributed by atoms with van der Waals surface area (Å²) < 4.78 is 3.40. The zero-order valence-corrected chi connectivity index (χ0v) is 10.6. The van der Waals surface area contributed by atoms with Gasteiger partial charge in [-0.05, 0) is 37.4 Å². The molecule has 0 aliphatic carbocycles. The molecule has 0 fully saturated rings. The molecule has 2 aromatic rings. The standard InChI is InChI=1S/C12H15BrN2/c1-8(2)15-11(7-14)5-9-3-4-10(13)6-12(9)15/h3-6,8H,7,14H2,1-2H3. The largest absolute Gasteiger partial charge is 0.341 e. The maximum Gasteiger partial charge on any atom is 0.0496 e. The average Bonchev–Trinajstić information content (AvgIpc) is 2.55. The third kappa shape index (κ3) is 1.82. The fourth-order valence-corrected chi connectivity index (χ4v) is 2.37. The molecule has 1 heterocycles. The number of nitrogens with two attached hydrogens (primary N) is 1. The summed E-state index contributed by atoms with van der Waals surface area (Å²) in [5.41, 5.74) is 8.20. The van der Waals surface area contributed by atoms with Gasteiger partial charge in [-0.15, -0.1) is 0 Å². The third-order valence-corrected chi connectivity index (χ3v) is 3.10. The Hall–Kier alpha value is -0.800. The molecular formula is C12H15BrN2. The maximum absolute atomic E-state index is 5.76. The van der Waals surface area contributed by atoms with Crippen molar-refractivity contribution < 1.29 is 0 Å². The highest BCUT2D eigenvalue weighted by Crippen LogP contribution is 2.26. The molecule has 0 atom stereocenters. The van der Waals surface area contributed by atoms with Crippen LogP contribution in [0.5, 0.6) is 0 Å². The average molecular weight is 267 g/mol. The number of aromatic nitrogens is 1. The summed E-state index contributed by atoms with van der Waals surface area (Å²) >= 11 is 3.50. The first-order chi connectivity index (χ1) is 7.13. The molecule has 1 aromatic heterocycles. The third-order valence-electron chi connectivity index (χ3n) is 2.61. The lowest BCUT2D eigenvalue weighted by molar-refractivity contribution is 0.595. The van der Waals surface area contributed by atoms with Crippen LogP contribution in [0.15, 0.2) is 28.7 Å². The predicted octanol–water partition coefficient (Wildman–Crippen LogP) is 3.44. The first-order valence-corrected chi connectivity index (χ1v) is 5.92. The van der Waals surface area contributed by atoms with Gasteiger partial charge in [0.2, 0.25) is 0 Å². The van der Waals surface area contributed by atoms with Crippen LogP contribution in [0.2, 0.25) is 0 Å². The van der Waals surface area contributed by atoms with Crippen molar-refractivity contribution in [1.82, 2.24) is 4.57 Å². The van der Waals surface area contributed by atoms with E-state index in [0.29, 0.717) is 12.6 Å². The molecule has 0 aliphatic heterocycles. The van der Waals surface area contributed by atoms with Gasteiger partial charge < -0.3 is 10.3 Å². The minimum Gasteiger partial charge on any atom is -0.341 e. The molecular weight excluding hydrogens is 252 g/mol. The highest BCUT2D eigenvalue weighted by atomic mass is 79.9. The molecule has 0 saturated carbocycles. The molecule has 0 saturated heterocycles. The first kappa shape index (κ1) is 10.7. The summed E-state index contributed by atoms with van der Waals surface area (Å²) in [6.07, 6.45) is 0. The van der Waals surface area contributed by atoms with Gasteiger partial charge in [0.25, 0.3) is 0 Å². The summed E-state index contributed by atoms with van der Waals surface area (Å²) in [6, 6.07) is 8.94. The van der Waals surface area contributed by atoms with E-state index in [1.165, 1.54) is 16.6 Å². The molecule has 0 unspecified atom stereocenters. The van der Waals surface area contributed by atoms with Gasteiger partial charge in [0.1, 0.15) is 0 Å². The van der Waals surface area contributed by atoms with Crippen LogP contribution in [0.4, 0.5) is 0 Å². The van der Waals surface area contributed by atoms with Crippen LogP contribution in [0, 0.1) is 0 Å². The number of hydrogen-bond acceptors (Lipinski definition) is 1. The van der Waals surface area contributed by atoms with Gasteiger partial charge in [0.05, 0.1) is 0 Å². The van der Waals surface area contributed by atoms with Crippen molar-refractivity contribution >= 4 is 26.8 Å². The molecule has 2 N–H and O–H groups in total. The molecule has 0 bridgehead atoms. The van der Waals surface area contributed by atoms with E-state index in [-0.39, 0.29) is 0 Å².